The number of methoxy groups -OCH3 is 1. The fourth-order valence-corrected chi connectivity index (χ4v) is 2.94. The number of benzene rings is 3. The number of amides is 1. The Morgan fingerprint density at radius 1 is 1.07 bits per heavy atom. The van der Waals surface area contributed by atoms with E-state index in [4.69, 9.17) is 4.74 Å². The van der Waals surface area contributed by atoms with Gasteiger partial charge in [-0.05, 0) is 54.6 Å². The van der Waals surface area contributed by atoms with Crippen LogP contribution in [0.3, 0.4) is 0 Å². The summed E-state index contributed by atoms with van der Waals surface area (Å²) in [4.78, 5) is 29.7. The van der Waals surface area contributed by atoms with Crippen LogP contribution in [0.4, 0.5) is 10.1 Å². The third-order valence-electron chi connectivity index (χ3n) is 4.46. The highest BCUT2D eigenvalue weighted by Gasteiger charge is 2.11. The third kappa shape index (κ3) is 3.70. The highest BCUT2D eigenvalue weighted by molar-refractivity contribution is 6.06. The van der Waals surface area contributed by atoms with Gasteiger partial charge in [0.15, 0.2) is 0 Å². The van der Waals surface area contributed by atoms with Crippen LogP contribution in [0.5, 0.6) is 5.75 Å². The molecule has 1 heterocycles. The number of hydrogen-bond acceptors (Lipinski definition) is 4. The summed E-state index contributed by atoms with van der Waals surface area (Å²) in [7, 11) is 1.55. The highest BCUT2D eigenvalue weighted by Crippen LogP contribution is 2.17. The SMILES string of the molecule is COc1cccc(-n2cnc3cc(C(=O)Nc4ccc(F)cc4)ccc3c2=O)c1. The van der Waals surface area contributed by atoms with Crippen LogP contribution in [-0.2, 0) is 0 Å². The van der Waals surface area contributed by atoms with E-state index < -0.39 is 0 Å². The summed E-state index contributed by atoms with van der Waals surface area (Å²) in [5.74, 6) is -0.134. The average Bonchev–Trinajstić information content (AvgIpc) is 2.75. The molecule has 144 valence electrons. The Kier molecular flexibility index (Phi) is 4.78. The molecule has 1 amide bonds. The van der Waals surface area contributed by atoms with E-state index >= 15 is 0 Å². The van der Waals surface area contributed by atoms with Crippen molar-refractivity contribution in [2.75, 3.05) is 12.4 Å². The number of rotatable bonds is 4. The molecular formula is C22H16FN3O3. The van der Waals surface area contributed by atoms with E-state index in [1.807, 2.05) is 0 Å². The Balaban J connectivity index is 1.67. The van der Waals surface area contributed by atoms with Gasteiger partial charge in [0.2, 0.25) is 0 Å². The van der Waals surface area contributed by atoms with Gasteiger partial charge in [0.1, 0.15) is 17.9 Å². The first-order valence-corrected chi connectivity index (χ1v) is 8.78. The minimum absolute atomic E-state index is 0.256. The Morgan fingerprint density at radius 3 is 2.62 bits per heavy atom. The maximum atomic E-state index is 13.0. The molecule has 0 aliphatic rings. The van der Waals surface area contributed by atoms with Crippen molar-refractivity contribution in [2.24, 2.45) is 0 Å². The normalized spacial score (nSPS) is 10.7. The maximum Gasteiger partial charge on any atom is 0.265 e. The van der Waals surface area contributed by atoms with Gasteiger partial charge in [-0.2, -0.15) is 0 Å². The minimum atomic E-state index is -0.384. The van der Waals surface area contributed by atoms with E-state index in [2.05, 4.69) is 10.3 Å². The quantitative estimate of drug-likeness (QED) is 0.576. The summed E-state index contributed by atoms with van der Waals surface area (Å²) in [6, 6.07) is 17.2. The number of carbonyl (C=O) groups is 1. The number of hydrogen-bond donors (Lipinski definition) is 1. The number of nitrogens with one attached hydrogen (secondary N) is 1. The molecule has 4 rings (SSSR count). The first kappa shape index (κ1) is 18.4. The fraction of sp³-hybridized carbons (Fsp3) is 0.0455. The number of carbonyl (C=O) groups excluding carboxylic acids is 1. The van der Waals surface area contributed by atoms with Crippen LogP contribution in [0.2, 0.25) is 0 Å². The predicted octanol–water partition coefficient (Wildman–Crippen LogP) is 3.79. The molecule has 7 heteroatoms. The molecule has 6 nitrogen and oxygen atoms in total. The van der Waals surface area contributed by atoms with E-state index in [0.717, 1.165) is 0 Å². The molecular weight excluding hydrogens is 373 g/mol. The number of halogens is 1. The van der Waals surface area contributed by atoms with Crippen LogP contribution in [-0.4, -0.2) is 22.6 Å². The van der Waals surface area contributed by atoms with Crippen molar-refractivity contribution in [2.45, 2.75) is 0 Å². The van der Waals surface area contributed by atoms with E-state index in [1.54, 1.807) is 49.6 Å². The Labute approximate surface area is 165 Å². The van der Waals surface area contributed by atoms with E-state index in [1.165, 1.54) is 35.2 Å². The van der Waals surface area contributed by atoms with Gasteiger partial charge >= 0.3 is 0 Å². The summed E-state index contributed by atoms with van der Waals surface area (Å²) in [6.45, 7) is 0. The van der Waals surface area contributed by atoms with Gasteiger partial charge in [0.25, 0.3) is 11.5 Å². The number of nitrogens with zero attached hydrogens (tertiary/aromatic N) is 2. The molecule has 3 aromatic carbocycles. The molecule has 0 saturated heterocycles. The van der Waals surface area contributed by atoms with Crippen molar-refractivity contribution in [3.05, 3.63) is 94.8 Å². The number of fused-ring (bicyclic) bond motifs is 1. The van der Waals surface area contributed by atoms with Crippen molar-refractivity contribution in [3.63, 3.8) is 0 Å². The Hall–Kier alpha value is -4.00. The Bertz CT molecular complexity index is 1270. The van der Waals surface area contributed by atoms with Gasteiger partial charge < -0.3 is 10.1 Å². The number of anilines is 1. The van der Waals surface area contributed by atoms with Crippen LogP contribution < -0.4 is 15.6 Å². The summed E-state index contributed by atoms with van der Waals surface area (Å²) in [5.41, 5.74) is 1.59. The van der Waals surface area contributed by atoms with E-state index in [-0.39, 0.29) is 17.3 Å². The third-order valence-corrected chi connectivity index (χ3v) is 4.46. The first-order chi connectivity index (χ1) is 14.0. The van der Waals surface area contributed by atoms with Crippen molar-refractivity contribution in [1.82, 2.24) is 9.55 Å². The highest BCUT2D eigenvalue weighted by atomic mass is 19.1. The largest absolute Gasteiger partial charge is 0.497 e. The summed E-state index contributed by atoms with van der Waals surface area (Å²) in [6.07, 6.45) is 1.42. The number of aromatic nitrogens is 2. The molecule has 0 aliphatic heterocycles. The summed E-state index contributed by atoms with van der Waals surface area (Å²) < 4.78 is 19.6. The zero-order chi connectivity index (χ0) is 20.4. The number of ether oxygens (including phenoxy) is 1. The predicted molar refractivity (Wildman–Crippen MR) is 108 cm³/mol. The second-order valence-corrected chi connectivity index (χ2v) is 6.31. The average molecular weight is 389 g/mol. The van der Waals surface area contributed by atoms with E-state index in [0.29, 0.717) is 33.6 Å². The molecule has 0 aliphatic carbocycles. The minimum Gasteiger partial charge on any atom is -0.497 e. The summed E-state index contributed by atoms with van der Waals surface area (Å²) >= 11 is 0. The van der Waals surface area contributed by atoms with Crippen LogP contribution in [0.25, 0.3) is 16.6 Å². The zero-order valence-electron chi connectivity index (χ0n) is 15.4. The van der Waals surface area contributed by atoms with Gasteiger partial charge in [-0.15, -0.1) is 0 Å². The van der Waals surface area contributed by atoms with Crippen LogP contribution in [0.1, 0.15) is 10.4 Å². The van der Waals surface area contributed by atoms with Crippen molar-refractivity contribution in [1.29, 1.82) is 0 Å². The van der Waals surface area contributed by atoms with Crippen LogP contribution in [0.15, 0.2) is 77.9 Å². The van der Waals surface area contributed by atoms with E-state index in [9.17, 15) is 14.0 Å². The molecule has 29 heavy (non-hydrogen) atoms. The second-order valence-electron chi connectivity index (χ2n) is 6.31. The lowest BCUT2D eigenvalue weighted by Gasteiger charge is -2.09. The monoisotopic (exact) mass is 389 g/mol. The second kappa shape index (κ2) is 7.55. The molecule has 0 radical (unpaired) electrons. The first-order valence-electron chi connectivity index (χ1n) is 8.78. The molecule has 0 fully saturated rings. The van der Waals surface area contributed by atoms with Gasteiger partial charge in [-0.3, -0.25) is 14.2 Å². The summed E-state index contributed by atoms with van der Waals surface area (Å²) in [5, 5.41) is 3.07. The standard InChI is InChI=1S/C22H16FN3O3/c1-29-18-4-2-3-17(12-18)26-13-24-20-11-14(5-10-19(20)22(26)28)21(27)25-16-8-6-15(23)7-9-16/h2-13H,1H3,(H,25,27). The topological polar surface area (TPSA) is 73.2 Å². The molecule has 0 spiro atoms. The van der Waals surface area contributed by atoms with Crippen molar-refractivity contribution in [3.8, 4) is 11.4 Å². The molecule has 0 atom stereocenters. The lowest BCUT2D eigenvalue weighted by Crippen LogP contribution is -2.19. The van der Waals surface area contributed by atoms with Gasteiger partial charge in [0.05, 0.1) is 23.7 Å². The zero-order valence-corrected chi connectivity index (χ0v) is 15.4. The van der Waals surface area contributed by atoms with Crippen molar-refractivity contribution < 1.29 is 13.9 Å². The molecule has 1 aromatic heterocycles. The van der Waals surface area contributed by atoms with Crippen LogP contribution >= 0.6 is 0 Å². The molecule has 0 saturated carbocycles. The van der Waals surface area contributed by atoms with Crippen LogP contribution in [0, 0.1) is 5.82 Å². The van der Waals surface area contributed by atoms with Gasteiger partial charge in [0, 0.05) is 17.3 Å². The molecule has 0 bridgehead atoms. The molecule has 4 aromatic rings. The fourth-order valence-electron chi connectivity index (χ4n) is 2.94. The smallest absolute Gasteiger partial charge is 0.265 e. The van der Waals surface area contributed by atoms with Gasteiger partial charge in [-0.25, -0.2) is 9.37 Å². The lowest BCUT2D eigenvalue weighted by molar-refractivity contribution is 0.102. The molecule has 0 unspecified atom stereocenters. The van der Waals surface area contributed by atoms with Crippen molar-refractivity contribution >= 4 is 22.5 Å². The molecule has 1 N–H and O–H groups in total. The maximum absolute atomic E-state index is 13.0. The Morgan fingerprint density at radius 2 is 1.86 bits per heavy atom. The lowest BCUT2D eigenvalue weighted by atomic mass is 10.1. The van der Waals surface area contributed by atoms with Gasteiger partial charge in [-0.1, -0.05) is 6.07 Å².